The number of hydrogen-bond acceptors (Lipinski definition) is 1. The molecule has 134 valence electrons. The maximum atomic E-state index is 13.3. The van der Waals surface area contributed by atoms with Crippen molar-refractivity contribution in [3.8, 4) is 5.69 Å². The first-order valence-corrected chi connectivity index (χ1v) is 9.43. The minimum Gasteiger partial charge on any atom is -0.308 e. The summed E-state index contributed by atoms with van der Waals surface area (Å²) in [5.74, 6) is 0.0393. The van der Waals surface area contributed by atoms with Gasteiger partial charge in [0.1, 0.15) is 0 Å². The fourth-order valence-electron chi connectivity index (χ4n) is 3.90. The van der Waals surface area contributed by atoms with Gasteiger partial charge in [0.05, 0.1) is 16.7 Å². The van der Waals surface area contributed by atoms with Crippen LogP contribution in [0.2, 0.25) is 0 Å². The average Bonchev–Trinajstić information content (AvgIpc) is 3.08. The Hall–Kier alpha value is -3.65. The number of aromatic nitrogens is 1. The molecule has 0 saturated carbocycles. The van der Waals surface area contributed by atoms with Crippen molar-refractivity contribution < 1.29 is 4.79 Å². The molecule has 2 nitrogen and oxygen atoms in total. The number of carbonyl (C=O) groups excluding carboxylic acids is 1. The molecule has 0 bridgehead atoms. The lowest BCUT2D eigenvalue weighted by molar-refractivity contribution is 0.103. The van der Waals surface area contributed by atoms with E-state index in [0.717, 1.165) is 22.3 Å². The summed E-state index contributed by atoms with van der Waals surface area (Å²) < 4.78 is 2.20. The van der Waals surface area contributed by atoms with Gasteiger partial charge in [0.2, 0.25) is 0 Å². The highest BCUT2D eigenvalue weighted by Crippen LogP contribution is 2.33. The Bertz CT molecular complexity index is 1270. The monoisotopic (exact) mass is 361 g/mol. The van der Waals surface area contributed by atoms with E-state index in [4.69, 9.17) is 0 Å². The highest BCUT2D eigenvalue weighted by molar-refractivity contribution is 6.14. The molecule has 5 rings (SSSR count). The lowest BCUT2D eigenvalue weighted by atomic mass is 10.0. The smallest absolute Gasteiger partial charge is 0.195 e. The Morgan fingerprint density at radius 2 is 1.18 bits per heavy atom. The predicted octanol–water partition coefficient (Wildman–Crippen LogP) is 6.32. The van der Waals surface area contributed by atoms with Crippen molar-refractivity contribution in [1.29, 1.82) is 0 Å². The van der Waals surface area contributed by atoms with E-state index in [1.165, 1.54) is 10.8 Å². The fraction of sp³-hybridized carbons (Fsp3) is 0.0385. The number of rotatable bonds is 3. The highest BCUT2D eigenvalue weighted by atomic mass is 16.1. The normalized spacial score (nSPS) is 11.2. The second-order valence-corrected chi connectivity index (χ2v) is 7.08. The number of nitrogens with zero attached hydrogens (tertiary/aromatic N) is 1. The van der Waals surface area contributed by atoms with Gasteiger partial charge < -0.3 is 4.57 Å². The number of fused-ring (bicyclic) bond motifs is 3. The molecule has 4 aromatic carbocycles. The van der Waals surface area contributed by atoms with E-state index in [-0.39, 0.29) is 5.78 Å². The van der Waals surface area contributed by atoms with Gasteiger partial charge in [0.15, 0.2) is 5.78 Å². The third-order valence-electron chi connectivity index (χ3n) is 5.28. The molecule has 1 heterocycles. The number of hydrogen-bond donors (Lipinski definition) is 0. The average molecular weight is 361 g/mol. The number of carbonyl (C=O) groups is 1. The number of ketones is 1. The largest absolute Gasteiger partial charge is 0.308 e. The molecular weight excluding hydrogens is 342 g/mol. The van der Waals surface area contributed by atoms with Crippen molar-refractivity contribution in [2.45, 2.75) is 6.92 Å². The first-order valence-electron chi connectivity index (χ1n) is 9.43. The van der Waals surface area contributed by atoms with Gasteiger partial charge in [-0.3, -0.25) is 4.79 Å². The Labute approximate surface area is 163 Å². The van der Waals surface area contributed by atoms with E-state index in [2.05, 4.69) is 41.0 Å². The molecule has 0 aliphatic rings. The summed E-state index contributed by atoms with van der Waals surface area (Å²) >= 11 is 0. The maximum absolute atomic E-state index is 13.3. The van der Waals surface area contributed by atoms with Crippen LogP contribution in [-0.4, -0.2) is 10.4 Å². The third-order valence-corrected chi connectivity index (χ3v) is 5.28. The summed E-state index contributed by atoms with van der Waals surface area (Å²) in [5, 5.41) is 2.38. The topological polar surface area (TPSA) is 22.0 Å². The van der Waals surface area contributed by atoms with Crippen LogP contribution in [0, 0.1) is 6.92 Å². The second-order valence-electron chi connectivity index (χ2n) is 7.08. The van der Waals surface area contributed by atoms with Crippen LogP contribution in [0.4, 0.5) is 0 Å². The molecule has 0 atom stereocenters. The molecule has 0 saturated heterocycles. The van der Waals surface area contributed by atoms with Gasteiger partial charge in [-0.2, -0.15) is 0 Å². The molecule has 0 radical (unpaired) electrons. The zero-order valence-corrected chi connectivity index (χ0v) is 15.6. The molecule has 5 aromatic rings. The Morgan fingerprint density at radius 1 is 0.643 bits per heavy atom. The molecule has 2 heteroatoms. The summed E-state index contributed by atoms with van der Waals surface area (Å²) in [6.07, 6.45) is 0. The lowest BCUT2D eigenvalue weighted by Crippen LogP contribution is -2.07. The van der Waals surface area contributed by atoms with Crippen LogP contribution in [0.1, 0.15) is 21.5 Å². The van der Waals surface area contributed by atoms with Crippen LogP contribution >= 0.6 is 0 Å². The van der Waals surface area contributed by atoms with Gasteiger partial charge in [0, 0.05) is 21.9 Å². The van der Waals surface area contributed by atoms with Gasteiger partial charge >= 0.3 is 0 Å². The van der Waals surface area contributed by atoms with Crippen LogP contribution < -0.4 is 0 Å². The van der Waals surface area contributed by atoms with Crippen molar-refractivity contribution in [3.63, 3.8) is 0 Å². The van der Waals surface area contributed by atoms with Gasteiger partial charge in [0.25, 0.3) is 0 Å². The number of benzene rings is 4. The van der Waals surface area contributed by atoms with Crippen LogP contribution in [0.15, 0.2) is 97.1 Å². The number of para-hydroxylation sites is 3. The summed E-state index contributed by atoms with van der Waals surface area (Å²) in [4.78, 5) is 13.3. The summed E-state index contributed by atoms with van der Waals surface area (Å²) in [7, 11) is 0. The van der Waals surface area contributed by atoms with Gasteiger partial charge in [-0.25, -0.2) is 0 Å². The second kappa shape index (κ2) is 6.50. The lowest BCUT2D eigenvalue weighted by Gasteiger charge is -2.13. The standard InChI is InChI=1S/C26H19NO/c1-18-14-16-19(17-15-18)26(28)22-10-4-7-13-25(22)27-23-11-5-2-8-20(23)21-9-3-6-12-24(21)27/h2-17H,1H3. The quantitative estimate of drug-likeness (QED) is 0.345. The molecule has 28 heavy (non-hydrogen) atoms. The summed E-state index contributed by atoms with van der Waals surface area (Å²) in [6.45, 7) is 2.03. The molecule has 0 amide bonds. The van der Waals surface area contributed by atoms with Gasteiger partial charge in [-0.05, 0) is 31.2 Å². The SMILES string of the molecule is Cc1ccc(C(=O)c2ccccc2-n2c3ccccc3c3ccccc32)cc1. The minimum absolute atomic E-state index is 0.0393. The fourth-order valence-corrected chi connectivity index (χ4v) is 3.90. The predicted molar refractivity (Wildman–Crippen MR) is 115 cm³/mol. The zero-order valence-electron chi connectivity index (χ0n) is 15.6. The van der Waals surface area contributed by atoms with Crippen LogP contribution in [0.5, 0.6) is 0 Å². The first kappa shape index (κ1) is 16.5. The van der Waals surface area contributed by atoms with Crippen molar-refractivity contribution in [2.24, 2.45) is 0 Å². The van der Waals surface area contributed by atoms with Crippen molar-refractivity contribution >= 4 is 27.6 Å². The van der Waals surface area contributed by atoms with Gasteiger partial charge in [-0.1, -0.05) is 78.4 Å². The van der Waals surface area contributed by atoms with E-state index in [0.29, 0.717) is 11.1 Å². The molecule has 0 aliphatic heterocycles. The van der Waals surface area contributed by atoms with E-state index in [1.807, 2.05) is 67.6 Å². The van der Waals surface area contributed by atoms with Crippen LogP contribution in [-0.2, 0) is 0 Å². The van der Waals surface area contributed by atoms with E-state index >= 15 is 0 Å². The van der Waals surface area contributed by atoms with Crippen molar-refractivity contribution in [1.82, 2.24) is 4.57 Å². The molecule has 0 fully saturated rings. The van der Waals surface area contributed by atoms with E-state index in [1.54, 1.807) is 0 Å². The molecule has 0 N–H and O–H groups in total. The van der Waals surface area contributed by atoms with Crippen LogP contribution in [0.3, 0.4) is 0 Å². The molecule has 1 aromatic heterocycles. The maximum Gasteiger partial charge on any atom is 0.195 e. The number of aryl methyl sites for hydroxylation is 1. The Morgan fingerprint density at radius 3 is 1.82 bits per heavy atom. The zero-order chi connectivity index (χ0) is 19.1. The minimum atomic E-state index is 0.0393. The molecule has 0 spiro atoms. The molecule has 0 unspecified atom stereocenters. The van der Waals surface area contributed by atoms with Gasteiger partial charge in [-0.15, -0.1) is 0 Å². The highest BCUT2D eigenvalue weighted by Gasteiger charge is 2.18. The molecular formula is C26H19NO. The first-order chi connectivity index (χ1) is 13.7. The Balaban J connectivity index is 1.80. The summed E-state index contributed by atoms with van der Waals surface area (Å²) in [6, 6.07) is 32.3. The van der Waals surface area contributed by atoms with Crippen molar-refractivity contribution in [3.05, 3.63) is 114 Å². The van der Waals surface area contributed by atoms with E-state index < -0.39 is 0 Å². The van der Waals surface area contributed by atoms with E-state index in [9.17, 15) is 4.79 Å². The Kier molecular flexibility index (Phi) is 3.84. The summed E-state index contributed by atoms with van der Waals surface area (Å²) in [5.41, 5.74) is 5.68. The van der Waals surface area contributed by atoms with Crippen LogP contribution in [0.25, 0.3) is 27.5 Å². The van der Waals surface area contributed by atoms with Crippen molar-refractivity contribution in [2.75, 3.05) is 0 Å². The molecule has 0 aliphatic carbocycles. The third kappa shape index (κ3) is 2.54.